The van der Waals surface area contributed by atoms with Crippen molar-refractivity contribution < 1.29 is 9.53 Å². The van der Waals surface area contributed by atoms with Gasteiger partial charge in [-0.2, -0.15) is 0 Å². The molecule has 6 nitrogen and oxygen atoms in total. The van der Waals surface area contributed by atoms with Crippen LogP contribution in [0, 0.1) is 20.8 Å². The van der Waals surface area contributed by atoms with Gasteiger partial charge in [0.25, 0.3) is 0 Å². The molecule has 7 heteroatoms. The normalized spacial score (nSPS) is 14.2. The lowest BCUT2D eigenvalue weighted by molar-refractivity contribution is 0.102. The SMILES string of the molecule is Cc1ccc(-n2c(SCC(=O)c3cc(C)ccc3C)nnc2N2CCOCC2)cc1. The van der Waals surface area contributed by atoms with E-state index in [2.05, 4.69) is 46.3 Å². The number of aryl methyl sites for hydroxylation is 3. The molecule has 0 aliphatic carbocycles. The van der Waals surface area contributed by atoms with Crippen LogP contribution in [0.1, 0.15) is 27.0 Å². The van der Waals surface area contributed by atoms with Crippen molar-refractivity contribution in [2.75, 3.05) is 37.0 Å². The number of thioether (sulfide) groups is 1. The number of aromatic nitrogens is 3. The van der Waals surface area contributed by atoms with Crippen LogP contribution in [0.3, 0.4) is 0 Å². The van der Waals surface area contributed by atoms with Gasteiger partial charge >= 0.3 is 0 Å². The van der Waals surface area contributed by atoms with Gasteiger partial charge in [0.05, 0.1) is 24.7 Å². The first-order valence-corrected chi connectivity index (χ1v) is 11.1. The number of anilines is 1. The Labute approximate surface area is 181 Å². The first-order valence-electron chi connectivity index (χ1n) is 10.1. The van der Waals surface area contributed by atoms with Crippen molar-refractivity contribution >= 4 is 23.5 Å². The van der Waals surface area contributed by atoms with Gasteiger partial charge in [0.2, 0.25) is 5.95 Å². The Hall–Kier alpha value is -2.64. The minimum absolute atomic E-state index is 0.104. The first-order chi connectivity index (χ1) is 14.5. The molecule has 0 unspecified atom stereocenters. The second kappa shape index (κ2) is 9.02. The van der Waals surface area contributed by atoms with Crippen molar-refractivity contribution in [2.45, 2.75) is 25.9 Å². The van der Waals surface area contributed by atoms with Gasteiger partial charge < -0.3 is 9.64 Å². The van der Waals surface area contributed by atoms with Crippen LogP contribution in [-0.4, -0.2) is 52.6 Å². The maximum Gasteiger partial charge on any atom is 0.232 e. The van der Waals surface area contributed by atoms with Crippen LogP contribution in [0.5, 0.6) is 0 Å². The van der Waals surface area contributed by atoms with E-state index in [-0.39, 0.29) is 5.78 Å². The summed E-state index contributed by atoms with van der Waals surface area (Å²) in [5.41, 5.74) is 5.05. The highest BCUT2D eigenvalue weighted by Gasteiger charge is 2.22. The second-order valence-electron chi connectivity index (χ2n) is 7.58. The Morgan fingerprint density at radius 3 is 2.43 bits per heavy atom. The third-order valence-electron chi connectivity index (χ3n) is 5.23. The molecular weight excluding hydrogens is 396 g/mol. The summed E-state index contributed by atoms with van der Waals surface area (Å²) in [4.78, 5) is 15.1. The predicted octanol–water partition coefficient (Wildman–Crippen LogP) is 4.00. The zero-order valence-corrected chi connectivity index (χ0v) is 18.4. The number of benzene rings is 2. The van der Waals surface area contributed by atoms with Gasteiger partial charge in [-0.25, -0.2) is 0 Å². The van der Waals surface area contributed by atoms with Crippen LogP contribution in [0.4, 0.5) is 5.95 Å². The minimum atomic E-state index is 0.104. The molecule has 1 aliphatic heterocycles. The van der Waals surface area contributed by atoms with Crippen molar-refractivity contribution in [3.8, 4) is 5.69 Å². The van der Waals surface area contributed by atoms with Crippen molar-refractivity contribution in [1.29, 1.82) is 0 Å². The number of Topliss-reactive ketones (excluding diaryl/α,β-unsaturated/α-hetero) is 1. The second-order valence-corrected chi connectivity index (χ2v) is 8.53. The highest BCUT2D eigenvalue weighted by molar-refractivity contribution is 7.99. The fourth-order valence-corrected chi connectivity index (χ4v) is 4.32. The van der Waals surface area contributed by atoms with Crippen LogP contribution in [-0.2, 0) is 4.74 Å². The van der Waals surface area contributed by atoms with E-state index in [4.69, 9.17) is 4.74 Å². The van der Waals surface area contributed by atoms with Crippen LogP contribution < -0.4 is 4.90 Å². The van der Waals surface area contributed by atoms with Gasteiger partial charge in [-0.3, -0.25) is 9.36 Å². The van der Waals surface area contributed by atoms with E-state index in [9.17, 15) is 4.79 Å². The molecule has 0 atom stereocenters. The summed E-state index contributed by atoms with van der Waals surface area (Å²) in [5.74, 6) is 1.22. The molecule has 0 amide bonds. The molecule has 0 N–H and O–H groups in total. The Morgan fingerprint density at radius 1 is 1.00 bits per heavy atom. The molecule has 2 heterocycles. The fraction of sp³-hybridized carbons (Fsp3) is 0.348. The zero-order chi connectivity index (χ0) is 21.1. The number of hydrogen-bond acceptors (Lipinski definition) is 6. The largest absolute Gasteiger partial charge is 0.378 e. The molecular formula is C23H26N4O2S. The first kappa shape index (κ1) is 20.6. The Morgan fingerprint density at radius 2 is 1.70 bits per heavy atom. The number of carbonyl (C=O) groups is 1. The van der Waals surface area contributed by atoms with Gasteiger partial charge in [0.15, 0.2) is 10.9 Å². The zero-order valence-electron chi connectivity index (χ0n) is 17.6. The van der Waals surface area contributed by atoms with E-state index < -0.39 is 0 Å². The summed E-state index contributed by atoms with van der Waals surface area (Å²) in [5, 5.41) is 9.63. The molecule has 3 aromatic rings. The molecule has 0 radical (unpaired) electrons. The number of ketones is 1. The third kappa shape index (κ3) is 4.42. The van der Waals surface area contributed by atoms with Gasteiger partial charge in [-0.05, 0) is 44.5 Å². The lowest BCUT2D eigenvalue weighted by Gasteiger charge is -2.28. The monoisotopic (exact) mass is 422 g/mol. The molecule has 0 bridgehead atoms. The highest BCUT2D eigenvalue weighted by Crippen LogP contribution is 2.28. The standard InChI is InChI=1S/C23H26N4O2S/c1-16-5-8-19(9-6-16)27-22(26-10-12-29-13-11-26)24-25-23(27)30-15-21(28)20-14-17(2)4-7-18(20)3/h4-9,14H,10-13,15H2,1-3H3. The van der Waals surface area contributed by atoms with E-state index in [1.807, 2.05) is 36.6 Å². The maximum absolute atomic E-state index is 12.9. The summed E-state index contributed by atoms with van der Waals surface area (Å²) >= 11 is 1.43. The van der Waals surface area contributed by atoms with E-state index >= 15 is 0 Å². The van der Waals surface area contributed by atoms with Crippen LogP contribution >= 0.6 is 11.8 Å². The van der Waals surface area contributed by atoms with Crippen molar-refractivity contribution in [1.82, 2.24) is 14.8 Å². The molecule has 1 saturated heterocycles. The van der Waals surface area contributed by atoms with Gasteiger partial charge in [-0.15, -0.1) is 10.2 Å². The molecule has 0 saturated carbocycles. The molecule has 1 fully saturated rings. The highest BCUT2D eigenvalue weighted by atomic mass is 32.2. The summed E-state index contributed by atoms with van der Waals surface area (Å²) in [6.07, 6.45) is 0. The van der Waals surface area contributed by atoms with Crippen molar-refractivity contribution in [2.24, 2.45) is 0 Å². The lowest BCUT2D eigenvalue weighted by atomic mass is 10.0. The van der Waals surface area contributed by atoms with Crippen LogP contribution in [0.15, 0.2) is 47.6 Å². The molecule has 1 aliphatic rings. The number of rotatable bonds is 6. The lowest BCUT2D eigenvalue weighted by Crippen LogP contribution is -2.37. The number of hydrogen-bond donors (Lipinski definition) is 0. The average molecular weight is 423 g/mol. The smallest absolute Gasteiger partial charge is 0.232 e. The molecule has 4 rings (SSSR count). The van der Waals surface area contributed by atoms with Crippen molar-refractivity contribution in [3.63, 3.8) is 0 Å². The Kier molecular flexibility index (Phi) is 6.20. The van der Waals surface area contributed by atoms with Gasteiger partial charge in [0, 0.05) is 18.7 Å². The topological polar surface area (TPSA) is 60.2 Å². The van der Waals surface area contributed by atoms with Gasteiger partial charge in [-0.1, -0.05) is 47.2 Å². The fourth-order valence-electron chi connectivity index (χ4n) is 3.49. The maximum atomic E-state index is 12.9. The van der Waals surface area contributed by atoms with E-state index in [1.165, 1.54) is 17.3 Å². The Balaban J connectivity index is 1.62. The summed E-state index contributed by atoms with van der Waals surface area (Å²) < 4.78 is 7.54. The predicted molar refractivity (Wildman–Crippen MR) is 120 cm³/mol. The summed E-state index contributed by atoms with van der Waals surface area (Å²) in [7, 11) is 0. The van der Waals surface area contributed by atoms with Crippen molar-refractivity contribution in [3.05, 3.63) is 64.7 Å². The van der Waals surface area contributed by atoms with E-state index in [0.29, 0.717) is 19.0 Å². The Bertz CT molecular complexity index is 1040. The molecule has 30 heavy (non-hydrogen) atoms. The number of morpholine rings is 1. The molecule has 156 valence electrons. The number of carbonyl (C=O) groups excluding carboxylic acids is 1. The average Bonchev–Trinajstić information content (AvgIpc) is 3.19. The number of ether oxygens (including phenoxy) is 1. The quantitative estimate of drug-likeness (QED) is 0.442. The summed E-state index contributed by atoms with van der Waals surface area (Å²) in [6, 6.07) is 14.3. The number of nitrogens with zero attached hydrogens (tertiary/aromatic N) is 4. The van der Waals surface area contributed by atoms with E-state index in [0.717, 1.165) is 46.6 Å². The molecule has 2 aromatic carbocycles. The van der Waals surface area contributed by atoms with E-state index in [1.54, 1.807) is 0 Å². The molecule has 1 aromatic heterocycles. The third-order valence-corrected chi connectivity index (χ3v) is 6.16. The summed E-state index contributed by atoms with van der Waals surface area (Å²) in [6.45, 7) is 8.95. The minimum Gasteiger partial charge on any atom is -0.378 e. The van der Waals surface area contributed by atoms with Crippen LogP contribution in [0.2, 0.25) is 0 Å². The molecule has 0 spiro atoms. The van der Waals surface area contributed by atoms with Crippen LogP contribution in [0.25, 0.3) is 5.69 Å². The van der Waals surface area contributed by atoms with Gasteiger partial charge in [0.1, 0.15) is 0 Å².